The van der Waals surface area contributed by atoms with Crippen molar-refractivity contribution < 1.29 is 29.0 Å². The highest BCUT2D eigenvalue weighted by Crippen LogP contribution is 2.62. The Morgan fingerprint density at radius 3 is 2.30 bits per heavy atom. The SMILES string of the molecule is CC(=O)OC(C[C@@H]1CC2=C(C[C@@H]1C)[C@]1(C)CCC[C@@](C)(C(=O)O)[C@H]1CC2)OC(C)=O. The molecule has 0 aromatic rings. The Bertz CT molecular complexity index is 739. The van der Waals surface area contributed by atoms with E-state index < -0.39 is 29.6 Å². The van der Waals surface area contributed by atoms with Crippen LogP contribution in [0.2, 0.25) is 0 Å². The van der Waals surface area contributed by atoms with Crippen LogP contribution in [0.1, 0.15) is 86.0 Å². The van der Waals surface area contributed by atoms with Gasteiger partial charge < -0.3 is 14.6 Å². The molecular formula is C24H36O6. The zero-order valence-electron chi connectivity index (χ0n) is 19.0. The van der Waals surface area contributed by atoms with Crippen molar-refractivity contribution in [2.24, 2.45) is 28.6 Å². The summed E-state index contributed by atoms with van der Waals surface area (Å²) in [6, 6.07) is 0. The number of ether oxygens (including phenoxy) is 2. The lowest BCUT2D eigenvalue weighted by atomic mass is 9.47. The van der Waals surface area contributed by atoms with Crippen LogP contribution in [0, 0.1) is 28.6 Å². The summed E-state index contributed by atoms with van der Waals surface area (Å²) in [6.07, 6.45) is 6.12. The Labute approximate surface area is 179 Å². The highest BCUT2D eigenvalue weighted by Gasteiger charge is 2.56. The number of allylic oxidation sites excluding steroid dienone is 2. The van der Waals surface area contributed by atoms with Crippen molar-refractivity contribution in [3.63, 3.8) is 0 Å². The Hall–Kier alpha value is -1.85. The average molecular weight is 421 g/mol. The van der Waals surface area contributed by atoms with Crippen LogP contribution < -0.4 is 0 Å². The Balaban J connectivity index is 1.83. The number of aliphatic carboxylic acids is 1. The quantitative estimate of drug-likeness (QED) is 0.388. The summed E-state index contributed by atoms with van der Waals surface area (Å²) < 4.78 is 10.5. The number of hydrogen-bond acceptors (Lipinski definition) is 5. The van der Waals surface area contributed by atoms with Crippen LogP contribution in [0.4, 0.5) is 0 Å². The summed E-state index contributed by atoms with van der Waals surface area (Å²) in [7, 11) is 0. The summed E-state index contributed by atoms with van der Waals surface area (Å²) in [5.74, 6) is -0.767. The molecule has 0 spiro atoms. The fourth-order valence-electron chi connectivity index (χ4n) is 6.66. The second kappa shape index (κ2) is 8.35. The summed E-state index contributed by atoms with van der Waals surface area (Å²) in [5, 5.41) is 9.99. The fraction of sp³-hybridized carbons (Fsp3) is 0.792. The lowest BCUT2D eigenvalue weighted by Gasteiger charge is -2.56. The molecule has 0 bridgehead atoms. The van der Waals surface area contributed by atoms with E-state index in [1.807, 2.05) is 6.92 Å². The van der Waals surface area contributed by atoms with Gasteiger partial charge >= 0.3 is 17.9 Å². The van der Waals surface area contributed by atoms with Crippen LogP contribution >= 0.6 is 0 Å². The molecule has 5 atom stereocenters. The van der Waals surface area contributed by atoms with Gasteiger partial charge in [0.2, 0.25) is 6.29 Å². The molecule has 30 heavy (non-hydrogen) atoms. The molecule has 6 nitrogen and oxygen atoms in total. The van der Waals surface area contributed by atoms with Gasteiger partial charge in [-0.2, -0.15) is 0 Å². The van der Waals surface area contributed by atoms with E-state index in [1.54, 1.807) is 0 Å². The van der Waals surface area contributed by atoms with Gasteiger partial charge in [0.15, 0.2) is 0 Å². The molecule has 1 fully saturated rings. The minimum atomic E-state index is -0.841. The summed E-state index contributed by atoms with van der Waals surface area (Å²) >= 11 is 0. The second-order valence-electron chi connectivity index (χ2n) is 10.2. The van der Waals surface area contributed by atoms with Gasteiger partial charge in [0.05, 0.1) is 5.41 Å². The van der Waals surface area contributed by atoms with E-state index in [2.05, 4.69) is 13.8 Å². The molecule has 6 heteroatoms. The first-order chi connectivity index (χ1) is 14.0. The van der Waals surface area contributed by atoms with E-state index in [0.29, 0.717) is 12.3 Å². The number of esters is 2. The molecule has 0 aromatic carbocycles. The molecule has 0 aromatic heterocycles. The maximum absolute atomic E-state index is 12.1. The number of rotatable bonds is 5. The zero-order valence-corrected chi connectivity index (χ0v) is 19.0. The van der Waals surface area contributed by atoms with E-state index in [9.17, 15) is 19.5 Å². The van der Waals surface area contributed by atoms with Crippen molar-refractivity contribution in [2.45, 2.75) is 92.3 Å². The lowest BCUT2D eigenvalue weighted by molar-refractivity contribution is -0.188. The minimum absolute atomic E-state index is 0.0522. The van der Waals surface area contributed by atoms with Gasteiger partial charge in [0, 0.05) is 20.3 Å². The second-order valence-corrected chi connectivity index (χ2v) is 10.2. The van der Waals surface area contributed by atoms with E-state index in [-0.39, 0.29) is 17.3 Å². The van der Waals surface area contributed by atoms with E-state index in [1.165, 1.54) is 25.0 Å². The first-order valence-electron chi connectivity index (χ1n) is 11.3. The first-order valence-corrected chi connectivity index (χ1v) is 11.3. The first kappa shape index (κ1) is 22.8. The van der Waals surface area contributed by atoms with Crippen LogP contribution in [0.5, 0.6) is 0 Å². The van der Waals surface area contributed by atoms with Gasteiger partial charge in [-0.25, -0.2) is 0 Å². The molecule has 3 aliphatic carbocycles. The fourth-order valence-corrected chi connectivity index (χ4v) is 6.66. The normalized spacial score (nSPS) is 36.0. The van der Waals surface area contributed by atoms with Crippen molar-refractivity contribution in [2.75, 3.05) is 0 Å². The van der Waals surface area contributed by atoms with Crippen LogP contribution in [-0.4, -0.2) is 29.3 Å². The highest BCUT2D eigenvalue weighted by molar-refractivity contribution is 5.75. The van der Waals surface area contributed by atoms with Gasteiger partial charge in [0.25, 0.3) is 0 Å². The van der Waals surface area contributed by atoms with E-state index in [4.69, 9.17) is 9.47 Å². The van der Waals surface area contributed by atoms with Crippen molar-refractivity contribution in [1.29, 1.82) is 0 Å². The highest BCUT2D eigenvalue weighted by atomic mass is 16.7. The van der Waals surface area contributed by atoms with Crippen molar-refractivity contribution in [1.82, 2.24) is 0 Å². The van der Waals surface area contributed by atoms with Crippen LogP contribution in [-0.2, 0) is 23.9 Å². The molecule has 1 saturated carbocycles. The average Bonchev–Trinajstić information content (AvgIpc) is 2.61. The third-order valence-electron chi connectivity index (χ3n) is 8.20. The number of carboxylic acid groups (broad SMARTS) is 1. The largest absolute Gasteiger partial charge is 0.481 e. The Morgan fingerprint density at radius 1 is 1.10 bits per heavy atom. The Morgan fingerprint density at radius 2 is 1.73 bits per heavy atom. The molecule has 0 amide bonds. The van der Waals surface area contributed by atoms with E-state index >= 15 is 0 Å². The number of fused-ring (bicyclic) bond motifs is 2. The van der Waals surface area contributed by atoms with Crippen LogP contribution in [0.3, 0.4) is 0 Å². The predicted octanol–water partition coefficient (Wildman–Crippen LogP) is 4.86. The molecule has 0 radical (unpaired) electrons. The monoisotopic (exact) mass is 420 g/mol. The molecule has 0 aliphatic heterocycles. The molecule has 3 aliphatic rings. The van der Waals surface area contributed by atoms with E-state index in [0.717, 1.165) is 44.9 Å². The summed E-state index contributed by atoms with van der Waals surface area (Å²) in [6.45, 7) is 9.10. The molecule has 0 heterocycles. The molecule has 168 valence electrons. The van der Waals surface area contributed by atoms with Gasteiger partial charge in [-0.1, -0.05) is 31.4 Å². The van der Waals surface area contributed by atoms with Gasteiger partial charge in [0.1, 0.15) is 0 Å². The van der Waals surface area contributed by atoms with Gasteiger partial charge in [-0.3, -0.25) is 14.4 Å². The maximum Gasteiger partial charge on any atom is 0.309 e. The van der Waals surface area contributed by atoms with Gasteiger partial charge in [-0.15, -0.1) is 0 Å². The molecule has 0 unspecified atom stereocenters. The standard InChI is InChI=1S/C24H36O6/c1-14-11-19-17(12-18(14)13-21(29-15(2)25)30-16(3)26)7-8-20-23(19,4)9-6-10-24(20,5)22(27)28/h14,18,20-21H,6-13H2,1-5H3,(H,27,28)/t14-,18-,20-,23-,24+/m0/s1. The van der Waals surface area contributed by atoms with Gasteiger partial charge in [-0.05, 0) is 68.6 Å². The number of hydrogen-bond donors (Lipinski definition) is 1. The van der Waals surface area contributed by atoms with Crippen molar-refractivity contribution >= 4 is 17.9 Å². The van der Waals surface area contributed by atoms with Crippen LogP contribution in [0.15, 0.2) is 11.1 Å². The summed E-state index contributed by atoms with van der Waals surface area (Å²) in [5.41, 5.74) is 2.23. The molecule has 0 saturated heterocycles. The molecular weight excluding hydrogens is 384 g/mol. The van der Waals surface area contributed by atoms with Crippen LogP contribution in [0.25, 0.3) is 0 Å². The van der Waals surface area contributed by atoms with Crippen molar-refractivity contribution in [3.8, 4) is 0 Å². The summed E-state index contributed by atoms with van der Waals surface area (Å²) in [4.78, 5) is 35.0. The third-order valence-corrected chi connectivity index (χ3v) is 8.20. The lowest BCUT2D eigenvalue weighted by Crippen LogP contribution is -2.51. The topological polar surface area (TPSA) is 89.9 Å². The zero-order chi connectivity index (χ0) is 22.3. The molecule has 1 N–H and O–H groups in total. The number of carbonyl (C=O) groups is 3. The molecule has 3 rings (SSSR count). The van der Waals surface area contributed by atoms with Crippen molar-refractivity contribution in [3.05, 3.63) is 11.1 Å². The Kier molecular flexibility index (Phi) is 6.35. The predicted molar refractivity (Wildman–Crippen MR) is 111 cm³/mol. The third kappa shape index (κ3) is 4.15. The maximum atomic E-state index is 12.1. The minimum Gasteiger partial charge on any atom is -0.481 e. The number of carbonyl (C=O) groups excluding carboxylic acids is 2. The smallest absolute Gasteiger partial charge is 0.309 e. The number of carboxylic acids is 1.